The van der Waals surface area contributed by atoms with Gasteiger partial charge in [-0.15, -0.1) is 0 Å². The van der Waals surface area contributed by atoms with Crippen LogP contribution in [0, 0.1) is 6.92 Å². The first kappa shape index (κ1) is 10.5. The first-order valence-electron chi connectivity index (χ1n) is 5.04. The molecule has 2 unspecified atom stereocenters. The molecule has 0 bridgehead atoms. The summed E-state index contributed by atoms with van der Waals surface area (Å²) in [4.78, 5) is 4.08. The van der Waals surface area contributed by atoms with E-state index in [0.717, 1.165) is 0 Å². The summed E-state index contributed by atoms with van der Waals surface area (Å²) in [6, 6.07) is 0.0222. The molecule has 0 saturated carbocycles. The highest BCUT2D eigenvalue weighted by molar-refractivity contribution is 4.85. The zero-order valence-corrected chi connectivity index (χ0v) is 8.64. The van der Waals surface area contributed by atoms with E-state index in [2.05, 4.69) is 15.5 Å². The van der Waals surface area contributed by atoms with Gasteiger partial charge in [-0.3, -0.25) is 0 Å². The van der Waals surface area contributed by atoms with Crippen molar-refractivity contribution in [2.24, 2.45) is 0 Å². The highest BCUT2D eigenvalue weighted by Gasteiger charge is 2.25. The van der Waals surface area contributed by atoms with E-state index in [4.69, 9.17) is 9.26 Å². The van der Waals surface area contributed by atoms with E-state index in [1.165, 1.54) is 0 Å². The molecule has 6 heteroatoms. The van der Waals surface area contributed by atoms with Gasteiger partial charge in [0.1, 0.15) is 0 Å². The van der Waals surface area contributed by atoms with Gasteiger partial charge in [0.05, 0.1) is 25.4 Å². The highest BCUT2D eigenvalue weighted by Crippen LogP contribution is 2.05. The lowest BCUT2D eigenvalue weighted by Gasteiger charge is -2.12. The van der Waals surface area contributed by atoms with Crippen LogP contribution in [0.5, 0.6) is 0 Å². The molecule has 0 aliphatic carbocycles. The van der Waals surface area contributed by atoms with Gasteiger partial charge in [0, 0.05) is 13.0 Å². The molecule has 1 aliphatic rings. The van der Waals surface area contributed by atoms with Crippen LogP contribution in [0.2, 0.25) is 0 Å². The molecule has 6 nitrogen and oxygen atoms in total. The second-order valence-electron chi connectivity index (χ2n) is 3.65. The van der Waals surface area contributed by atoms with Crippen molar-refractivity contribution >= 4 is 0 Å². The summed E-state index contributed by atoms with van der Waals surface area (Å²) in [7, 11) is 0. The Balaban J connectivity index is 1.70. The monoisotopic (exact) mass is 213 g/mol. The van der Waals surface area contributed by atoms with Crippen LogP contribution in [0.15, 0.2) is 4.52 Å². The smallest absolute Gasteiger partial charge is 0.227 e. The fraction of sp³-hybridized carbons (Fsp3) is 0.778. The fourth-order valence-electron chi connectivity index (χ4n) is 1.54. The lowest BCUT2D eigenvalue weighted by molar-refractivity contribution is 0.122. The Bertz CT molecular complexity index is 315. The number of rotatable bonds is 4. The van der Waals surface area contributed by atoms with Crippen LogP contribution in [0.1, 0.15) is 11.7 Å². The topological polar surface area (TPSA) is 80.4 Å². The fourth-order valence-corrected chi connectivity index (χ4v) is 1.54. The predicted molar refractivity (Wildman–Crippen MR) is 51.4 cm³/mol. The Morgan fingerprint density at radius 1 is 1.53 bits per heavy atom. The number of aliphatic hydroxyl groups is 1. The zero-order chi connectivity index (χ0) is 10.7. The molecular weight excluding hydrogens is 198 g/mol. The van der Waals surface area contributed by atoms with E-state index in [1.807, 2.05) is 0 Å². The quantitative estimate of drug-likeness (QED) is 0.686. The third-order valence-corrected chi connectivity index (χ3v) is 2.37. The molecular formula is C9H15N3O3. The molecule has 1 aromatic heterocycles. The average molecular weight is 213 g/mol. The average Bonchev–Trinajstić information content (AvgIpc) is 2.77. The summed E-state index contributed by atoms with van der Waals surface area (Å²) in [5.41, 5.74) is 0. The van der Waals surface area contributed by atoms with Crippen LogP contribution in [0.3, 0.4) is 0 Å². The van der Waals surface area contributed by atoms with Crippen LogP contribution in [-0.4, -0.2) is 47.2 Å². The van der Waals surface area contributed by atoms with E-state index >= 15 is 0 Å². The minimum Gasteiger partial charge on any atom is -0.389 e. The summed E-state index contributed by atoms with van der Waals surface area (Å²) in [6.45, 7) is 3.46. The summed E-state index contributed by atoms with van der Waals surface area (Å²) in [5.74, 6) is 1.27. The van der Waals surface area contributed by atoms with Crippen LogP contribution in [0.4, 0.5) is 0 Å². The lowest BCUT2D eigenvalue weighted by atomic mass is 10.2. The SMILES string of the molecule is Cc1noc(CCNC2COCC2O)n1. The van der Waals surface area contributed by atoms with Crippen molar-refractivity contribution < 1.29 is 14.4 Å². The van der Waals surface area contributed by atoms with E-state index in [-0.39, 0.29) is 6.04 Å². The Hall–Kier alpha value is -0.980. The van der Waals surface area contributed by atoms with Crippen molar-refractivity contribution in [3.8, 4) is 0 Å². The number of nitrogens with zero attached hydrogens (tertiary/aromatic N) is 2. The Morgan fingerprint density at radius 2 is 2.40 bits per heavy atom. The van der Waals surface area contributed by atoms with Crippen molar-refractivity contribution in [3.63, 3.8) is 0 Å². The molecule has 0 spiro atoms. The van der Waals surface area contributed by atoms with Crippen LogP contribution in [-0.2, 0) is 11.2 Å². The van der Waals surface area contributed by atoms with Crippen molar-refractivity contribution in [3.05, 3.63) is 11.7 Å². The van der Waals surface area contributed by atoms with Gasteiger partial charge in [0.2, 0.25) is 5.89 Å². The predicted octanol–water partition coefficient (Wildman–Crippen LogP) is -0.730. The van der Waals surface area contributed by atoms with Crippen LogP contribution in [0.25, 0.3) is 0 Å². The summed E-state index contributed by atoms with van der Waals surface area (Å²) >= 11 is 0. The van der Waals surface area contributed by atoms with Crippen molar-refractivity contribution in [1.82, 2.24) is 15.5 Å². The molecule has 2 N–H and O–H groups in total. The van der Waals surface area contributed by atoms with Gasteiger partial charge in [-0.1, -0.05) is 5.16 Å². The Morgan fingerprint density at radius 3 is 3.00 bits per heavy atom. The first-order valence-corrected chi connectivity index (χ1v) is 5.04. The standard InChI is InChI=1S/C9H15N3O3/c1-6-11-9(15-12-6)2-3-10-7-4-14-5-8(7)13/h7-8,10,13H,2-5H2,1H3. The number of hydrogen-bond donors (Lipinski definition) is 2. The normalized spacial score (nSPS) is 26.0. The van der Waals surface area contributed by atoms with Gasteiger partial charge >= 0.3 is 0 Å². The van der Waals surface area contributed by atoms with Crippen molar-refractivity contribution in [2.45, 2.75) is 25.5 Å². The number of aliphatic hydroxyl groups excluding tert-OH is 1. The molecule has 15 heavy (non-hydrogen) atoms. The molecule has 0 amide bonds. The van der Waals surface area contributed by atoms with Gasteiger partial charge in [-0.25, -0.2) is 0 Å². The molecule has 1 aliphatic heterocycles. The van der Waals surface area contributed by atoms with E-state index in [1.54, 1.807) is 6.92 Å². The largest absolute Gasteiger partial charge is 0.389 e. The second-order valence-corrected chi connectivity index (χ2v) is 3.65. The van der Waals surface area contributed by atoms with Gasteiger partial charge in [0.15, 0.2) is 5.82 Å². The molecule has 1 aromatic rings. The third-order valence-electron chi connectivity index (χ3n) is 2.37. The number of hydrogen-bond acceptors (Lipinski definition) is 6. The third kappa shape index (κ3) is 2.74. The molecule has 1 fully saturated rings. The maximum atomic E-state index is 9.45. The number of aryl methyl sites for hydroxylation is 1. The minimum absolute atomic E-state index is 0.0222. The van der Waals surface area contributed by atoms with E-state index in [9.17, 15) is 5.11 Å². The van der Waals surface area contributed by atoms with Crippen LogP contribution >= 0.6 is 0 Å². The van der Waals surface area contributed by atoms with Gasteiger partial charge < -0.3 is 19.7 Å². The molecule has 84 valence electrons. The van der Waals surface area contributed by atoms with Gasteiger partial charge in [-0.05, 0) is 6.92 Å². The number of aromatic nitrogens is 2. The molecule has 1 saturated heterocycles. The maximum absolute atomic E-state index is 9.45. The van der Waals surface area contributed by atoms with Crippen LogP contribution < -0.4 is 5.32 Å². The summed E-state index contributed by atoms with van der Waals surface area (Å²) in [5, 5.41) is 16.3. The zero-order valence-electron chi connectivity index (χ0n) is 8.64. The molecule has 2 heterocycles. The highest BCUT2D eigenvalue weighted by atomic mass is 16.5. The summed E-state index contributed by atoms with van der Waals surface area (Å²) in [6.07, 6.45) is 0.263. The van der Waals surface area contributed by atoms with Gasteiger partial charge in [0.25, 0.3) is 0 Å². The number of nitrogens with one attached hydrogen (secondary N) is 1. The van der Waals surface area contributed by atoms with Crippen molar-refractivity contribution in [2.75, 3.05) is 19.8 Å². The first-order chi connectivity index (χ1) is 7.25. The molecule has 2 atom stereocenters. The minimum atomic E-state index is -0.408. The maximum Gasteiger partial charge on any atom is 0.227 e. The molecule has 2 rings (SSSR count). The lowest BCUT2D eigenvalue weighted by Crippen LogP contribution is -2.39. The molecule has 0 aromatic carbocycles. The Kier molecular flexibility index (Phi) is 3.30. The van der Waals surface area contributed by atoms with E-state index < -0.39 is 6.10 Å². The molecule has 0 radical (unpaired) electrons. The van der Waals surface area contributed by atoms with Gasteiger partial charge in [-0.2, -0.15) is 4.98 Å². The van der Waals surface area contributed by atoms with Crippen molar-refractivity contribution in [1.29, 1.82) is 0 Å². The second kappa shape index (κ2) is 4.69. The Labute approximate surface area is 87.6 Å². The van der Waals surface area contributed by atoms with E-state index in [0.29, 0.717) is 37.9 Å². The summed E-state index contributed by atoms with van der Waals surface area (Å²) < 4.78 is 10.1. The number of ether oxygens (including phenoxy) is 1.